The number of ketones is 1. The van der Waals surface area contributed by atoms with E-state index in [0.29, 0.717) is 12.1 Å². The second-order valence-corrected chi connectivity index (χ2v) is 4.06. The Kier molecular flexibility index (Phi) is 3.35. The first-order valence-corrected chi connectivity index (χ1v) is 5.42. The Bertz CT molecular complexity index is 722. The molecule has 0 unspecified atom stereocenters. The molecule has 0 fully saturated rings. The van der Waals surface area contributed by atoms with Crippen LogP contribution in [0.15, 0.2) is 24.4 Å². The fraction of sp³-hybridized carbons (Fsp3) is 0.0769. The second-order valence-electron chi connectivity index (χ2n) is 4.06. The second kappa shape index (κ2) is 4.84. The van der Waals surface area contributed by atoms with Crippen LogP contribution in [0.25, 0.3) is 5.69 Å². The number of aromatic carboxylic acids is 1. The Morgan fingerprint density at radius 2 is 1.65 bits per heavy atom. The molecule has 1 aromatic heterocycles. The maximum atomic E-state index is 13.7. The molecule has 7 heteroatoms. The summed E-state index contributed by atoms with van der Waals surface area (Å²) in [7, 11) is 0. The molecule has 0 bridgehead atoms. The van der Waals surface area contributed by atoms with Gasteiger partial charge in [0.25, 0.3) is 0 Å². The summed E-state index contributed by atoms with van der Waals surface area (Å²) in [6.07, 6.45) is 1.06. The van der Waals surface area contributed by atoms with Crippen LogP contribution in [-0.2, 0) is 0 Å². The van der Waals surface area contributed by atoms with E-state index in [1.165, 1.54) is 6.92 Å². The first-order chi connectivity index (χ1) is 9.31. The molecule has 0 radical (unpaired) electrons. The lowest BCUT2D eigenvalue weighted by atomic mass is 10.2. The van der Waals surface area contributed by atoms with Crippen molar-refractivity contribution in [1.82, 2.24) is 4.57 Å². The number of carboxylic acids is 1. The minimum Gasteiger partial charge on any atom is -0.477 e. The molecule has 0 saturated heterocycles. The number of hydrogen-bond acceptors (Lipinski definition) is 2. The smallest absolute Gasteiger partial charge is 0.352 e. The number of halogens is 3. The van der Waals surface area contributed by atoms with Crippen molar-refractivity contribution < 1.29 is 27.9 Å². The third-order valence-electron chi connectivity index (χ3n) is 2.69. The quantitative estimate of drug-likeness (QED) is 0.696. The average Bonchev–Trinajstić information content (AvgIpc) is 2.78. The molecule has 1 N–H and O–H groups in total. The van der Waals surface area contributed by atoms with Gasteiger partial charge in [0.15, 0.2) is 17.4 Å². The predicted octanol–water partition coefficient (Wildman–Crippen LogP) is 2.80. The molecule has 104 valence electrons. The lowest BCUT2D eigenvalue weighted by Crippen LogP contribution is -2.08. The number of aromatic nitrogens is 1. The number of nitrogens with zero attached hydrogens (tertiary/aromatic N) is 1. The Morgan fingerprint density at radius 3 is 2.20 bits per heavy atom. The van der Waals surface area contributed by atoms with Crippen LogP contribution in [0.1, 0.15) is 27.8 Å². The number of carboxylic acid groups (broad SMARTS) is 1. The molecular weight excluding hydrogens is 275 g/mol. The fourth-order valence-electron chi connectivity index (χ4n) is 1.72. The Labute approximate surface area is 111 Å². The molecule has 2 rings (SSSR count). The molecule has 0 atom stereocenters. The molecule has 0 aliphatic rings. The Morgan fingerprint density at radius 1 is 1.05 bits per heavy atom. The minimum atomic E-state index is -1.43. The maximum absolute atomic E-state index is 13.7. The molecule has 0 saturated carbocycles. The maximum Gasteiger partial charge on any atom is 0.352 e. The van der Waals surface area contributed by atoms with Crippen LogP contribution < -0.4 is 0 Å². The summed E-state index contributed by atoms with van der Waals surface area (Å²) in [6, 6.07) is 1.87. The first-order valence-electron chi connectivity index (χ1n) is 5.42. The highest BCUT2D eigenvalue weighted by molar-refractivity contribution is 5.97. The SMILES string of the molecule is CC(=O)c1cc(C(=O)O)n(-c2cc(F)c(F)cc2F)c1. The van der Waals surface area contributed by atoms with Crippen molar-refractivity contribution in [3.05, 3.63) is 53.1 Å². The van der Waals surface area contributed by atoms with Crippen molar-refractivity contribution in [2.24, 2.45) is 0 Å². The van der Waals surface area contributed by atoms with E-state index in [9.17, 15) is 22.8 Å². The van der Waals surface area contributed by atoms with E-state index < -0.39 is 40.6 Å². The zero-order chi connectivity index (χ0) is 15.0. The molecular formula is C13H8F3NO3. The van der Waals surface area contributed by atoms with Gasteiger partial charge in [-0.3, -0.25) is 4.79 Å². The van der Waals surface area contributed by atoms with E-state index in [4.69, 9.17) is 5.11 Å². The van der Waals surface area contributed by atoms with Gasteiger partial charge in [-0.1, -0.05) is 0 Å². The van der Waals surface area contributed by atoms with Crippen molar-refractivity contribution in [3.8, 4) is 5.69 Å². The van der Waals surface area contributed by atoms with Gasteiger partial charge in [-0.05, 0) is 13.0 Å². The van der Waals surface area contributed by atoms with Crippen LogP contribution in [-0.4, -0.2) is 21.4 Å². The third kappa shape index (κ3) is 2.29. The van der Waals surface area contributed by atoms with Gasteiger partial charge in [-0.2, -0.15) is 0 Å². The molecule has 4 nitrogen and oxygen atoms in total. The lowest BCUT2D eigenvalue weighted by Gasteiger charge is -2.08. The number of Topliss-reactive ketones (excluding diaryl/α,β-unsaturated/α-hetero) is 1. The molecule has 20 heavy (non-hydrogen) atoms. The zero-order valence-electron chi connectivity index (χ0n) is 10.2. The molecule has 0 spiro atoms. The van der Waals surface area contributed by atoms with Gasteiger partial charge in [0, 0.05) is 23.9 Å². The van der Waals surface area contributed by atoms with Crippen molar-refractivity contribution >= 4 is 11.8 Å². The average molecular weight is 283 g/mol. The summed E-state index contributed by atoms with van der Waals surface area (Å²) in [5.74, 6) is -5.72. The third-order valence-corrected chi connectivity index (χ3v) is 2.69. The van der Waals surface area contributed by atoms with Gasteiger partial charge in [0.05, 0.1) is 5.69 Å². The number of carbonyl (C=O) groups is 2. The summed E-state index contributed by atoms with van der Waals surface area (Å²) in [5, 5.41) is 9.01. The van der Waals surface area contributed by atoms with Gasteiger partial charge >= 0.3 is 5.97 Å². The highest BCUT2D eigenvalue weighted by Gasteiger charge is 2.19. The van der Waals surface area contributed by atoms with Gasteiger partial charge in [0.2, 0.25) is 0 Å². The molecule has 2 aromatic rings. The topological polar surface area (TPSA) is 59.3 Å². The Balaban J connectivity index is 2.71. The van der Waals surface area contributed by atoms with Crippen molar-refractivity contribution in [1.29, 1.82) is 0 Å². The first kappa shape index (κ1) is 13.9. The molecule has 0 amide bonds. The monoisotopic (exact) mass is 283 g/mol. The van der Waals surface area contributed by atoms with Crippen molar-refractivity contribution in [2.45, 2.75) is 6.92 Å². The summed E-state index contributed by atoms with van der Waals surface area (Å²) >= 11 is 0. The standard InChI is InChI=1S/C13H8F3NO3/c1-6(18)7-2-12(13(19)20)17(5-7)11-4-9(15)8(14)3-10(11)16/h2-5H,1H3,(H,19,20). The number of hydrogen-bond donors (Lipinski definition) is 1. The van der Waals surface area contributed by atoms with Crippen LogP contribution in [0.2, 0.25) is 0 Å². The molecule has 0 aliphatic carbocycles. The largest absolute Gasteiger partial charge is 0.477 e. The normalized spacial score (nSPS) is 10.6. The van der Waals surface area contributed by atoms with Gasteiger partial charge in [-0.15, -0.1) is 0 Å². The summed E-state index contributed by atoms with van der Waals surface area (Å²) in [6.45, 7) is 1.20. The van der Waals surface area contributed by atoms with E-state index in [-0.39, 0.29) is 5.56 Å². The summed E-state index contributed by atoms with van der Waals surface area (Å²) in [5.41, 5.74) is -0.902. The predicted molar refractivity (Wildman–Crippen MR) is 62.6 cm³/mol. The molecule has 1 heterocycles. The van der Waals surface area contributed by atoms with Crippen molar-refractivity contribution in [3.63, 3.8) is 0 Å². The van der Waals surface area contributed by atoms with Gasteiger partial charge in [-0.25, -0.2) is 18.0 Å². The van der Waals surface area contributed by atoms with E-state index >= 15 is 0 Å². The van der Waals surface area contributed by atoms with Crippen LogP contribution in [0.5, 0.6) is 0 Å². The van der Waals surface area contributed by atoms with E-state index in [0.717, 1.165) is 16.8 Å². The minimum absolute atomic E-state index is 0.0199. The van der Waals surface area contributed by atoms with Crippen LogP contribution in [0.3, 0.4) is 0 Å². The van der Waals surface area contributed by atoms with E-state index in [1.54, 1.807) is 0 Å². The lowest BCUT2D eigenvalue weighted by molar-refractivity contribution is 0.0688. The Hall–Kier alpha value is -2.57. The molecule has 0 aliphatic heterocycles. The van der Waals surface area contributed by atoms with Crippen LogP contribution >= 0.6 is 0 Å². The van der Waals surface area contributed by atoms with Crippen molar-refractivity contribution in [2.75, 3.05) is 0 Å². The zero-order valence-corrected chi connectivity index (χ0v) is 10.2. The highest BCUT2D eigenvalue weighted by atomic mass is 19.2. The van der Waals surface area contributed by atoms with E-state index in [1.807, 2.05) is 0 Å². The van der Waals surface area contributed by atoms with Crippen LogP contribution in [0, 0.1) is 17.5 Å². The summed E-state index contributed by atoms with van der Waals surface area (Å²) in [4.78, 5) is 22.3. The van der Waals surface area contributed by atoms with Crippen LogP contribution in [0.4, 0.5) is 13.2 Å². The molecule has 1 aromatic carbocycles. The van der Waals surface area contributed by atoms with Gasteiger partial charge < -0.3 is 9.67 Å². The van der Waals surface area contributed by atoms with Gasteiger partial charge in [0.1, 0.15) is 11.5 Å². The number of rotatable bonds is 3. The summed E-state index contributed by atoms with van der Waals surface area (Å²) < 4.78 is 40.5. The van der Waals surface area contributed by atoms with E-state index in [2.05, 4.69) is 0 Å². The number of carbonyl (C=O) groups excluding carboxylic acids is 1. The number of benzene rings is 1. The fourth-order valence-corrected chi connectivity index (χ4v) is 1.72. The highest BCUT2D eigenvalue weighted by Crippen LogP contribution is 2.22.